The minimum atomic E-state index is -0.495. The first kappa shape index (κ1) is 29.4. The predicted molar refractivity (Wildman–Crippen MR) is 159 cm³/mol. The summed E-state index contributed by atoms with van der Waals surface area (Å²) in [5.74, 6) is -0.732. The Hall–Kier alpha value is -3.11. The maximum atomic E-state index is 15.1. The molecular weight excluding hydrogens is 523 g/mol. The summed E-state index contributed by atoms with van der Waals surface area (Å²) in [7, 11) is 0. The van der Waals surface area contributed by atoms with Gasteiger partial charge in [0.25, 0.3) is 11.5 Å². The Morgan fingerprint density at radius 1 is 1.20 bits per heavy atom. The second-order valence-electron chi connectivity index (χ2n) is 12.5. The van der Waals surface area contributed by atoms with E-state index in [2.05, 4.69) is 22.5 Å². The molecule has 1 aliphatic heterocycles. The summed E-state index contributed by atoms with van der Waals surface area (Å²) in [6.45, 7) is 10.1. The van der Waals surface area contributed by atoms with Gasteiger partial charge in [0, 0.05) is 73.5 Å². The van der Waals surface area contributed by atoms with Crippen molar-refractivity contribution in [2.24, 2.45) is 5.41 Å². The summed E-state index contributed by atoms with van der Waals surface area (Å²) >= 11 is 0. The Morgan fingerprint density at radius 2 is 1.95 bits per heavy atom. The molecule has 3 aromatic rings. The van der Waals surface area contributed by atoms with Crippen LogP contribution in [0.15, 0.2) is 41.3 Å². The maximum absolute atomic E-state index is 15.1. The van der Waals surface area contributed by atoms with E-state index in [1.54, 1.807) is 23.6 Å². The number of aliphatic hydroxyl groups is 2. The van der Waals surface area contributed by atoms with Gasteiger partial charge in [-0.2, -0.15) is 0 Å². The number of pyridine rings is 1. The summed E-state index contributed by atoms with van der Waals surface area (Å²) in [6, 6.07) is 8.59. The van der Waals surface area contributed by atoms with Gasteiger partial charge < -0.3 is 25.4 Å². The number of hydrogen-bond donors (Lipinski definition) is 4. The predicted octanol–water partition coefficient (Wildman–Crippen LogP) is 3.35. The largest absolute Gasteiger partial charge is 0.396 e. The summed E-state index contributed by atoms with van der Waals surface area (Å²) < 4.78 is 16.8. The van der Waals surface area contributed by atoms with Crippen LogP contribution in [0.2, 0.25) is 0 Å². The molecule has 2 fully saturated rings. The fraction of sp³-hybridized carbons (Fsp3) is 0.500. The zero-order valence-corrected chi connectivity index (χ0v) is 24.3. The van der Waals surface area contributed by atoms with Gasteiger partial charge in [0.2, 0.25) is 0 Å². The van der Waals surface area contributed by atoms with Gasteiger partial charge >= 0.3 is 0 Å². The lowest BCUT2D eigenvalue weighted by Gasteiger charge is -2.37. The Bertz CT molecular complexity index is 1510. The number of rotatable bonds is 9. The van der Waals surface area contributed by atoms with Crippen molar-refractivity contribution in [3.8, 4) is 11.1 Å². The zero-order chi connectivity index (χ0) is 29.5. The molecule has 0 spiro atoms. The lowest BCUT2D eigenvalue weighted by Crippen LogP contribution is -2.52. The molecule has 5 rings (SSSR count). The van der Waals surface area contributed by atoms with E-state index in [0.29, 0.717) is 29.6 Å². The molecule has 2 aliphatic rings. The van der Waals surface area contributed by atoms with Crippen LogP contribution in [-0.2, 0) is 6.54 Å². The van der Waals surface area contributed by atoms with Crippen LogP contribution in [0.4, 0.5) is 4.39 Å². The number of carbonyl (C=O) groups is 1. The smallest absolute Gasteiger partial charge is 0.258 e. The molecular formula is C32H41FN4O4. The number of hydrogen-bond acceptors (Lipinski definition) is 6. The first-order valence-corrected chi connectivity index (χ1v) is 14.5. The third-order valence-electron chi connectivity index (χ3n) is 8.48. The highest BCUT2D eigenvalue weighted by atomic mass is 19.1. The summed E-state index contributed by atoms with van der Waals surface area (Å²) in [6.07, 6.45) is 3.77. The van der Waals surface area contributed by atoms with Crippen LogP contribution in [0, 0.1) is 18.2 Å². The second-order valence-corrected chi connectivity index (χ2v) is 12.5. The number of nitrogens with zero attached hydrogens (tertiary/aromatic N) is 2. The fourth-order valence-corrected chi connectivity index (χ4v) is 5.68. The number of aromatic nitrogens is 1. The van der Waals surface area contributed by atoms with Crippen LogP contribution in [0.1, 0.15) is 61.1 Å². The van der Waals surface area contributed by atoms with E-state index >= 15 is 4.39 Å². The number of carbonyl (C=O) groups excluding carboxylic acids is 1. The van der Waals surface area contributed by atoms with Crippen molar-refractivity contribution >= 4 is 16.7 Å². The molecule has 41 heavy (non-hydrogen) atoms. The molecule has 2 aromatic carbocycles. The van der Waals surface area contributed by atoms with E-state index in [4.69, 9.17) is 0 Å². The molecule has 0 bridgehead atoms. The zero-order valence-electron chi connectivity index (χ0n) is 24.3. The lowest BCUT2D eigenvalue weighted by atomic mass is 9.92. The Labute approximate surface area is 240 Å². The topological polar surface area (TPSA) is 107 Å². The Morgan fingerprint density at radius 3 is 2.63 bits per heavy atom. The molecule has 2 atom stereocenters. The van der Waals surface area contributed by atoms with E-state index in [-0.39, 0.29) is 48.4 Å². The first-order valence-electron chi connectivity index (χ1n) is 14.5. The molecule has 2 heterocycles. The molecule has 1 aliphatic carbocycles. The number of amides is 1. The molecule has 220 valence electrons. The SMILES string of the molecule is Cc1c(F)cc(C(=O)NC2CC2)cc1-c1ccc2c(=O)n(CC(C)(C)CO)cc([C@H](C)N3CCN[C@@H](CO)C3)c2c1. The van der Waals surface area contributed by atoms with Crippen molar-refractivity contribution < 1.29 is 19.4 Å². The van der Waals surface area contributed by atoms with Crippen molar-refractivity contribution in [2.45, 2.75) is 65.2 Å². The highest BCUT2D eigenvalue weighted by Gasteiger charge is 2.28. The van der Waals surface area contributed by atoms with Crippen LogP contribution in [0.3, 0.4) is 0 Å². The number of piperazine rings is 1. The van der Waals surface area contributed by atoms with Crippen LogP contribution in [0.25, 0.3) is 21.9 Å². The second kappa shape index (κ2) is 11.6. The summed E-state index contributed by atoms with van der Waals surface area (Å²) in [5, 5.41) is 27.3. The molecule has 0 unspecified atom stereocenters. The Kier molecular flexibility index (Phi) is 8.34. The molecule has 1 aromatic heterocycles. The highest BCUT2D eigenvalue weighted by Crippen LogP contribution is 2.34. The monoisotopic (exact) mass is 564 g/mol. The van der Waals surface area contributed by atoms with Crippen LogP contribution < -0.4 is 16.2 Å². The molecule has 1 amide bonds. The molecule has 1 saturated heterocycles. The molecule has 0 radical (unpaired) electrons. The van der Waals surface area contributed by atoms with E-state index in [1.165, 1.54) is 6.07 Å². The molecule has 4 N–H and O–H groups in total. The summed E-state index contributed by atoms with van der Waals surface area (Å²) in [5.41, 5.74) is 2.34. The third-order valence-corrected chi connectivity index (χ3v) is 8.48. The minimum Gasteiger partial charge on any atom is -0.396 e. The van der Waals surface area contributed by atoms with Crippen LogP contribution in [-0.4, -0.2) is 70.5 Å². The number of aliphatic hydroxyl groups excluding tert-OH is 2. The Balaban J connectivity index is 1.64. The first-order chi connectivity index (χ1) is 19.5. The third kappa shape index (κ3) is 6.23. The van der Waals surface area contributed by atoms with Crippen molar-refractivity contribution in [2.75, 3.05) is 32.8 Å². The maximum Gasteiger partial charge on any atom is 0.258 e. The van der Waals surface area contributed by atoms with Gasteiger partial charge in [-0.1, -0.05) is 19.9 Å². The van der Waals surface area contributed by atoms with Gasteiger partial charge in [-0.15, -0.1) is 0 Å². The van der Waals surface area contributed by atoms with Gasteiger partial charge in [0.05, 0.1) is 6.61 Å². The van der Waals surface area contributed by atoms with Gasteiger partial charge in [-0.3, -0.25) is 14.5 Å². The van der Waals surface area contributed by atoms with E-state index in [9.17, 15) is 19.8 Å². The average Bonchev–Trinajstić information content (AvgIpc) is 3.79. The van der Waals surface area contributed by atoms with Gasteiger partial charge in [-0.05, 0) is 78.6 Å². The fourth-order valence-electron chi connectivity index (χ4n) is 5.68. The average molecular weight is 565 g/mol. The van der Waals surface area contributed by atoms with E-state index in [1.807, 2.05) is 32.2 Å². The van der Waals surface area contributed by atoms with Gasteiger partial charge in [0.1, 0.15) is 5.82 Å². The normalized spacial score (nSPS) is 19.0. The molecule has 8 nitrogen and oxygen atoms in total. The van der Waals surface area contributed by atoms with Crippen molar-refractivity contribution in [3.63, 3.8) is 0 Å². The molecule has 1 saturated carbocycles. The van der Waals surface area contributed by atoms with Crippen molar-refractivity contribution in [3.05, 3.63) is 69.4 Å². The standard InChI is InChI=1S/C32H41FN4O4/c1-19-26(12-22(13-29(19)33)30(40)35-23-6-7-23)21-5-8-25-27(11-21)28(15-37(31(25)41)17-32(3,4)18-39)20(2)36-10-9-34-24(14-36)16-38/h5,8,11-13,15,20,23-24,34,38-39H,6-7,9-10,14,16-18H2,1-4H3,(H,35,40)/t20-,24+/m0/s1. The molecule has 9 heteroatoms. The minimum absolute atomic E-state index is 0.0355. The van der Waals surface area contributed by atoms with E-state index < -0.39 is 11.2 Å². The quantitative estimate of drug-likeness (QED) is 0.318. The number of nitrogens with one attached hydrogen (secondary N) is 2. The lowest BCUT2D eigenvalue weighted by molar-refractivity contribution is 0.0950. The van der Waals surface area contributed by atoms with Crippen LogP contribution in [0.5, 0.6) is 0 Å². The highest BCUT2D eigenvalue weighted by molar-refractivity contribution is 5.97. The van der Waals surface area contributed by atoms with Crippen molar-refractivity contribution in [1.82, 2.24) is 20.1 Å². The van der Waals surface area contributed by atoms with Crippen molar-refractivity contribution in [1.29, 1.82) is 0 Å². The number of halogens is 1. The number of benzene rings is 2. The van der Waals surface area contributed by atoms with Gasteiger partial charge in [0.15, 0.2) is 0 Å². The van der Waals surface area contributed by atoms with Crippen LogP contribution >= 0.6 is 0 Å². The number of fused-ring (bicyclic) bond motifs is 1. The van der Waals surface area contributed by atoms with Gasteiger partial charge in [-0.25, -0.2) is 4.39 Å². The summed E-state index contributed by atoms with van der Waals surface area (Å²) in [4.78, 5) is 28.8. The van der Waals surface area contributed by atoms with E-state index in [0.717, 1.165) is 42.4 Å².